The lowest BCUT2D eigenvalue weighted by Gasteiger charge is -2.23. The summed E-state index contributed by atoms with van der Waals surface area (Å²) >= 11 is 1.30. The number of rotatable bonds is 9. The number of sulfonamides is 1. The molecule has 3 N–H and O–H groups in total. The lowest BCUT2D eigenvalue weighted by atomic mass is 10.2. The highest BCUT2D eigenvalue weighted by molar-refractivity contribution is 8.03. The third kappa shape index (κ3) is 6.96. The first kappa shape index (κ1) is 26.0. The minimum atomic E-state index is -4.94. The maximum Gasteiger partial charge on any atom is 0.573 e. The van der Waals surface area contributed by atoms with Crippen LogP contribution in [0.1, 0.15) is 30.7 Å². The van der Waals surface area contributed by atoms with Crippen molar-refractivity contribution in [3.05, 3.63) is 47.3 Å². The van der Waals surface area contributed by atoms with Crippen molar-refractivity contribution in [3.63, 3.8) is 0 Å². The number of carbonyl (C=O) groups excluding carboxylic acids is 1. The minimum absolute atomic E-state index is 0.0631. The SMILES string of the molecule is CCCCOC(=O)[NH2+]S(=O)(=O)c1ccc(OC(F)(F)F)cc1C1SC(CN2C=CNC2)=CN1C. The zero-order valence-corrected chi connectivity index (χ0v) is 20.2. The molecular weight excluding hydrogens is 497 g/mol. The molecule has 1 aromatic rings. The monoisotopic (exact) mass is 523 g/mol. The fourth-order valence-electron chi connectivity index (χ4n) is 3.32. The number of benzene rings is 1. The summed E-state index contributed by atoms with van der Waals surface area (Å²) in [5.41, 5.74) is 0.0631. The van der Waals surface area contributed by atoms with E-state index in [2.05, 4.69) is 10.1 Å². The van der Waals surface area contributed by atoms with Gasteiger partial charge in [-0.1, -0.05) is 25.1 Å². The van der Waals surface area contributed by atoms with E-state index in [0.29, 0.717) is 24.4 Å². The van der Waals surface area contributed by atoms with Crippen molar-refractivity contribution in [2.45, 2.75) is 36.4 Å². The molecule has 2 aliphatic heterocycles. The molecule has 0 saturated heterocycles. The Hall–Kier alpha value is -2.58. The summed E-state index contributed by atoms with van der Waals surface area (Å²) in [6.45, 7) is 3.10. The Labute approximate surface area is 200 Å². The number of alkyl halides is 3. The van der Waals surface area contributed by atoms with E-state index in [1.807, 2.05) is 18.0 Å². The van der Waals surface area contributed by atoms with Crippen LogP contribution in [-0.2, 0) is 14.8 Å². The third-order valence-corrected chi connectivity index (χ3v) is 7.65. The van der Waals surface area contributed by atoms with Crippen LogP contribution in [0.4, 0.5) is 18.0 Å². The number of nitrogens with zero attached hydrogens (tertiary/aromatic N) is 2. The predicted octanol–water partition coefficient (Wildman–Crippen LogP) is 2.63. The molecule has 0 radical (unpaired) electrons. The molecule has 2 heterocycles. The molecule has 1 atom stereocenters. The Kier molecular flexibility index (Phi) is 8.25. The number of halogens is 3. The van der Waals surface area contributed by atoms with Gasteiger partial charge in [0.15, 0.2) is 0 Å². The highest BCUT2D eigenvalue weighted by atomic mass is 32.2. The van der Waals surface area contributed by atoms with E-state index >= 15 is 0 Å². The molecule has 1 amide bonds. The van der Waals surface area contributed by atoms with Crippen LogP contribution in [0.2, 0.25) is 0 Å². The molecule has 0 aromatic heterocycles. The summed E-state index contributed by atoms with van der Waals surface area (Å²) in [7, 11) is -2.63. The number of thioether (sulfide) groups is 1. The second-order valence-corrected chi connectivity index (χ2v) is 10.6. The highest BCUT2D eigenvalue weighted by Crippen LogP contribution is 2.46. The zero-order valence-electron chi connectivity index (χ0n) is 18.5. The average molecular weight is 524 g/mol. The van der Waals surface area contributed by atoms with Gasteiger partial charge in [-0.15, -0.1) is 17.9 Å². The summed E-state index contributed by atoms with van der Waals surface area (Å²) in [6.07, 6.45) is 0.816. The fourth-order valence-corrected chi connectivity index (χ4v) is 5.90. The van der Waals surface area contributed by atoms with Crippen molar-refractivity contribution in [1.82, 2.24) is 15.1 Å². The standard InChI is InChI=1S/C20H25F3N4O5S2/c1-3-4-9-31-19(28)25-34(29,30)17-6-5-14(32-20(21,22)23)10-16(17)18-26(2)11-15(33-18)12-27-8-7-24-13-27/h5-8,10-11,18,24H,3-4,9,12-13H2,1-2H3,(H,25,28)/p+1. The van der Waals surface area contributed by atoms with E-state index in [-0.39, 0.29) is 17.1 Å². The van der Waals surface area contributed by atoms with Gasteiger partial charge in [0.25, 0.3) is 0 Å². The van der Waals surface area contributed by atoms with Crippen LogP contribution >= 0.6 is 11.8 Å². The van der Waals surface area contributed by atoms with Crippen LogP contribution < -0.4 is 14.8 Å². The number of hydrogen-bond acceptors (Lipinski definition) is 9. The van der Waals surface area contributed by atoms with Gasteiger partial charge < -0.3 is 24.6 Å². The molecule has 188 valence electrons. The lowest BCUT2D eigenvalue weighted by molar-refractivity contribution is -0.407. The number of primary sulfonamides is 1. The minimum Gasteiger partial charge on any atom is -0.419 e. The maximum atomic E-state index is 13.0. The van der Waals surface area contributed by atoms with Crippen LogP contribution in [0, 0.1) is 0 Å². The quantitative estimate of drug-likeness (QED) is 0.473. The molecule has 2 aliphatic rings. The molecule has 1 aromatic carbocycles. The summed E-state index contributed by atoms with van der Waals surface area (Å²) in [6, 6.07) is 2.97. The third-order valence-electron chi connectivity index (χ3n) is 4.82. The van der Waals surface area contributed by atoms with E-state index < -0.39 is 33.6 Å². The van der Waals surface area contributed by atoms with Gasteiger partial charge >= 0.3 is 22.5 Å². The van der Waals surface area contributed by atoms with Crippen molar-refractivity contribution in [3.8, 4) is 5.75 Å². The van der Waals surface area contributed by atoms with Gasteiger partial charge in [0, 0.05) is 36.1 Å². The second-order valence-electron chi connectivity index (χ2n) is 7.59. The number of hydrogen-bond donors (Lipinski definition) is 2. The smallest absolute Gasteiger partial charge is 0.419 e. The van der Waals surface area contributed by atoms with Crippen LogP contribution in [0.25, 0.3) is 0 Å². The molecule has 1 unspecified atom stereocenters. The van der Waals surface area contributed by atoms with Gasteiger partial charge in [-0.25, -0.2) is 0 Å². The number of ether oxygens (including phenoxy) is 2. The van der Waals surface area contributed by atoms with E-state index in [9.17, 15) is 26.4 Å². The van der Waals surface area contributed by atoms with Crippen molar-refractivity contribution >= 4 is 27.9 Å². The van der Waals surface area contributed by atoms with Gasteiger partial charge in [0.2, 0.25) is 0 Å². The van der Waals surface area contributed by atoms with Gasteiger partial charge in [0.1, 0.15) is 16.0 Å². The van der Waals surface area contributed by atoms with E-state index in [4.69, 9.17) is 4.74 Å². The number of quaternary nitrogens is 1. The average Bonchev–Trinajstić information content (AvgIpc) is 3.36. The molecule has 0 aliphatic carbocycles. The number of amides is 1. The first-order chi connectivity index (χ1) is 16.0. The molecule has 9 nitrogen and oxygen atoms in total. The summed E-state index contributed by atoms with van der Waals surface area (Å²) in [5.74, 6) is -0.555. The molecule has 14 heteroatoms. The molecular formula is C20H26F3N4O5S2+. The molecule has 0 fully saturated rings. The molecule has 0 saturated carbocycles. The normalized spacial score (nSPS) is 18.1. The van der Waals surface area contributed by atoms with E-state index in [0.717, 1.165) is 29.5 Å². The molecule has 0 spiro atoms. The first-order valence-corrected chi connectivity index (χ1v) is 12.8. The predicted molar refractivity (Wildman–Crippen MR) is 119 cm³/mol. The Morgan fingerprint density at radius 3 is 2.76 bits per heavy atom. The topological polar surface area (TPSA) is 105 Å². The number of carbonyl (C=O) groups is 1. The van der Waals surface area contributed by atoms with Gasteiger partial charge in [0.05, 0.1) is 19.8 Å². The number of nitrogens with one attached hydrogen (secondary N) is 1. The van der Waals surface area contributed by atoms with Crippen LogP contribution in [-0.4, -0.2) is 57.5 Å². The fraction of sp³-hybridized carbons (Fsp3) is 0.450. The van der Waals surface area contributed by atoms with Gasteiger partial charge in [-0.05, 0) is 24.6 Å². The summed E-state index contributed by atoms with van der Waals surface area (Å²) in [4.78, 5) is 16.3. The Morgan fingerprint density at radius 1 is 1.35 bits per heavy atom. The van der Waals surface area contributed by atoms with Crippen LogP contribution in [0.15, 0.2) is 46.6 Å². The first-order valence-electron chi connectivity index (χ1n) is 10.4. The number of unbranched alkanes of at least 4 members (excludes halogenated alkanes) is 1. The van der Waals surface area contributed by atoms with Crippen molar-refractivity contribution in [1.29, 1.82) is 0 Å². The van der Waals surface area contributed by atoms with Crippen molar-refractivity contribution in [2.75, 3.05) is 26.9 Å². The molecule has 34 heavy (non-hydrogen) atoms. The molecule has 0 bridgehead atoms. The van der Waals surface area contributed by atoms with Crippen molar-refractivity contribution in [2.24, 2.45) is 0 Å². The highest BCUT2D eigenvalue weighted by Gasteiger charge is 2.36. The number of nitrogens with two attached hydrogens (primary N) is 1. The second kappa shape index (κ2) is 10.8. The van der Waals surface area contributed by atoms with Crippen molar-refractivity contribution < 1.29 is 40.6 Å². The van der Waals surface area contributed by atoms with E-state index in [1.165, 1.54) is 11.8 Å². The Morgan fingerprint density at radius 2 is 2.12 bits per heavy atom. The molecule has 3 rings (SSSR count). The summed E-state index contributed by atoms with van der Waals surface area (Å²) < 4.78 is 73.9. The Balaban J connectivity index is 1.88. The summed E-state index contributed by atoms with van der Waals surface area (Å²) in [5, 5.41) is 2.39. The lowest BCUT2D eigenvalue weighted by Crippen LogP contribution is -2.90. The number of primary amides is 1. The maximum absolute atomic E-state index is 13.0. The Bertz CT molecular complexity index is 1060. The van der Waals surface area contributed by atoms with E-state index in [1.54, 1.807) is 24.3 Å². The van der Waals surface area contributed by atoms with Gasteiger partial charge in [-0.3, -0.25) is 0 Å². The zero-order chi connectivity index (χ0) is 24.9. The van der Waals surface area contributed by atoms with Crippen LogP contribution in [0.3, 0.4) is 0 Å². The van der Waals surface area contributed by atoms with Gasteiger partial charge in [-0.2, -0.15) is 13.2 Å². The largest absolute Gasteiger partial charge is 0.573 e. The van der Waals surface area contributed by atoms with Crippen LogP contribution in [0.5, 0.6) is 5.75 Å².